The average molecular weight is 283 g/mol. The molecule has 1 aliphatic rings. The van der Waals surface area contributed by atoms with Crippen LogP contribution in [0.3, 0.4) is 0 Å². The largest absolute Gasteiger partial charge is 0.393 e. The molecule has 106 valence electrons. The van der Waals surface area contributed by atoms with Gasteiger partial charge < -0.3 is 15.7 Å². The minimum absolute atomic E-state index is 0.0604. The van der Waals surface area contributed by atoms with Crippen molar-refractivity contribution >= 4 is 11.6 Å². The summed E-state index contributed by atoms with van der Waals surface area (Å²) in [5.74, 6) is 0.659. The SMILES string of the molecule is CN(CCC(N)c1ccc(Cl)cc1)CC1CC(O)C1. The van der Waals surface area contributed by atoms with Crippen molar-refractivity contribution in [1.82, 2.24) is 4.90 Å². The summed E-state index contributed by atoms with van der Waals surface area (Å²) in [6.07, 6.45) is 2.78. The molecule has 0 radical (unpaired) electrons. The lowest BCUT2D eigenvalue weighted by Gasteiger charge is -2.34. The van der Waals surface area contributed by atoms with E-state index in [0.29, 0.717) is 5.92 Å². The molecular formula is C15H23ClN2O. The fraction of sp³-hybridized carbons (Fsp3) is 0.600. The molecule has 19 heavy (non-hydrogen) atoms. The van der Waals surface area contributed by atoms with E-state index in [1.165, 1.54) is 0 Å². The van der Waals surface area contributed by atoms with Crippen LogP contribution in [-0.4, -0.2) is 36.2 Å². The maximum absolute atomic E-state index is 9.27. The minimum Gasteiger partial charge on any atom is -0.393 e. The number of nitrogens with zero attached hydrogens (tertiary/aromatic N) is 1. The molecule has 1 atom stereocenters. The number of halogens is 1. The quantitative estimate of drug-likeness (QED) is 0.843. The Morgan fingerprint density at radius 3 is 2.58 bits per heavy atom. The Kier molecular flexibility index (Phi) is 5.22. The second-order valence-corrected chi connectivity index (χ2v) is 6.14. The zero-order valence-electron chi connectivity index (χ0n) is 11.4. The van der Waals surface area contributed by atoms with Crippen molar-refractivity contribution in [1.29, 1.82) is 0 Å². The van der Waals surface area contributed by atoms with E-state index in [1.54, 1.807) is 0 Å². The summed E-state index contributed by atoms with van der Waals surface area (Å²) in [5, 5.41) is 10.0. The molecule has 1 unspecified atom stereocenters. The Hall–Kier alpha value is -0.610. The first-order chi connectivity index (χ1) is 9.04. The lowest BCUT2D eigenvalue weighted by molar-refractivity contribution is 0.0280. The van der Waals surface area contributed by atoms with E-state index in [0.717, 1.165) is 42.9 Å². The number of nitrogens with two attached hydrogens (primary N) is 1. The van der Waals surface area contributed by atoms with Crippen LogP contribution in [0.1, 0.15) is 30.9 Å². The van der Waals surface area contributed by atoms with E-state index in [4.69, 9.17) is 17.3 Å². The third-order valence-corrected chi connectivity index (χ3v) is 4.15. The van der Waals surface area contributed by atoms with E-state index < -0.39 is 0 Å². The van der Waals surface area contributed by atoms with Gasteiger partial charge in [0, 0.05) is 17.6 Å². The second kappa shape index (κ2) is 6.71. The average Bonchev–Trinajstić information content (AvgIpc) is 2.35. The van der Waals surface area contributed by atoms with Crippen molar-refractivity contribution in [3.05, 3.63) is 34.9 Å². The zero-order chi connectivity index (χ0) is 13.8. The first kappa shape index (κ1) is 14.8. The zero-order valence-corrected chi connectivity index (χ0v) is 12.2. The standard InChI is InChI=1S/C15H23ClN2O/c1-18(10-11-8-14(19)9-11)7-6-15(17)12-2-4-13(16)5-3-12/h2-5,11,14-15,19H,6-10,17H2,1H3. The highest BCUT2D eigenvalue weighted by molar-refractivity contribution is 6.30. The molecule has 0 saturated heterocycles. The third-order valence-electron chi connectivity index (χ3n) is 3.90. The number of hydrogen-bond donors (Lipinski definition) is 2. The molecule has 1 fully saturated rings. The van der Waals surface area contributed by atoms with Crippen molar-refractivity contribution in [2.75, 3.05) is 20.1 Å². The highest BCUT2D eigenvalue weighted by Gasteiger charge is 2.27. The summed E-state index contributed by atoms with van der Waals surface area (Å²) < 4.78 is 0. The molecule has 0 aliphatic heterocycles. The molecule has 1 aliphatic carbocycles. The second-order valence-electron chi connectivity index (χ2n) is 5.70. The smallest absolute Gasteiger partial charge is 0.0546 e. The number of aliphatic hydroxyl groups excluding tert-OH is 1. The highest BCUT2D eigenvalue weighted by Crippen LogP contribution is 2.27. The Labute approximate surface area is 120 Å². The van der Waals surface area contributed by atoms with Crippen LogP contribution >= 0.6 is 11.6 Å². The van der Waals surface area contributed by atoms with Gasteiger partial charge in [-0.1, -0.05) is 23.7 Å². The van der Waals surface area contributed by atoms with E-state index in [9.17, 15) is 5.11 Å². The lowest BCUT2D eigenvalue weighted by Crippen LogP contribution is -2.37. The van der Waals surface area contributed by atoms with Gasteiger partial charge >= 0.3 is 0 Å². The Morgan fingerprint density at radius 1 is 1.37 bits per heavy atom. The normalized spacial score (nSPS) is 24.3. The van der Waals surface area contributed by atoms with Crippen LogP contribution in [0.2, 0.25) is 5.02 Å². The van der Waals surface area contributed by atoms with Gasteiger partial charge in [-0.15, -0.1) is 0 Å². The summed E-state index contributed by atoms with van der Waals surface area (Å²) in [7, 11) is 2.12. The maximum Gasteiger partial charge on any atom is 0.0546 e. The molecule has 0 aromatic heterocycles. The van der Waals surface area contributed by atoms with E-state index in [2.05, 4.69) is 11.9 Å². The fourth-order valence-corrected chi connectivity index (χ4v) is 2.74. The summed E-state index contributed by atoms with van der Waals surface area (Å²) in [6.45, 7) is 2.04. The van der Waals surface area contributed by atoms with Crippen molar-refractivity contribution in [2.24, 2.45) is 11.7 Å². The van der Waals surface area contributed by atoms with Gasteiger partial charge in [0.1, 0.15) is 0 Å². The van der Waals surface area contributed by atoms with Gasteiger partial charge in [-0.2, -0.15) is 0 Å². The first-order valence-electron chi connectivity index (χ1n) is 6.92. The predicted octanol–water partition coefficient (Wildman–Crippen LogP) is 2.43. The summed E-state index contributed by atoms with van der Waals surface area (Å²) in [4.78, 5) is 2.31. The first-order valence-corrected chi connectivity index (χ1v) is 7.30. The van der Waals surface area contributed by atoms with Crippen molar-refractivity contribution in [2.45, 2.75) is 31.4 Å². The Morgan fingerprint density at radius 2 is 2.00 bits per heavy atom. The van der Waals surface area contributed by atoms with Crippen molar-refractivity contribution in [3.8, 4) is 0 Å². The van der Waals surface area contributed by atoms with Crippen LogP contribution in [0, 0.1) is 5.92 Å². The molecule has 3 nitrogen and oxygen atoms in total. The molecule has 0 amide bonds. The molecule has 1 aromatic carbocycles. The van der Waals surface area contributed by atoms with E-state index in [-0.39, 0.29) is 12.1 Å². The monoisotopic (exact) mass is 282 g/mol. The number of benzene rings is 1. The summed E-state index contributed by atoms with van der Waals surface area (Å²) in [6, 6.07) is 7.82. The van der Waals surface area contributed by atoms with Crippen LogP contribution in [-0.2, 0) is 0 Å². The maximum atomic E-state index is 9.27. The van der Waals surface area contributed by atoms with Gasteiger partial charge in [0.25, 0.3) is 0 Å². The highest BCUT2D eigenvalue weighted by atomic mass is 35.5. The number of hydrogen-bond acceptors (Lipinski definition) is 3. The van der Waals surface area contributed by atoms with Gasteiger partial charge in [-0.25, -0.2) is 0 Å². The molecule has 1 aromatic rings. The van der Waals surface area contributed by atoms with Gasteiger partial charge in [0.15, 0.2) is 0 Å². The predicted molar refractivity (Wildman–Crippen MR) is 79.2 cm³/mol. The van der Waals surface area contributed by atoms with Gasteiger partial charge in [0.05, 0.1) is 6.10 Å². The fourth-order valence-electron chi connectivity index (χ4n) is 2.62. The van der Waals surface area contributed by atoms with Gasteiger partial charge in [-0.3, -0.25) is 0 Å². The van der Waals surface area contributed by atoms with Crippen LogP contribution < -0.4 is 5.73 Å². The van der Waals surface area contributed by atoms with Crippen molar-refractivity contribution < 1.29 is 5.11 Å². The molecular weight excluding hydrogens is 260 g/mol. The van der Waals surface area contributed by atoms with Crippen LogP contribution in [0.15, 0.2) is 24.3 Å². The van der Waals surface area contributed by atoms with Gasteiger partial charge in [-0.05, 0) is 56.5 Å². The third kappa shape index (κ3) is 4.46. The molecule has 0 heterocycles. The molecule has 2 rings (SSSR count). The van der Waals surface area contributed by atoms with Gasteiger partial charge in [0.2, 0.25) is 0 Å². The molecule has 3 N–H and O–H groups in total. The Balaban J connectivity index is 1.70. The van der Waals surface area contributed by atoms with Crippen LogP contribution in [0.25, 0.3) is 0 Å². The topological polar surface area (TPSA) is 49.5 Å². The molecule has 0 spiro atoms. The van der Waals surface area contributed by atoms with Crippen LogP contribution in [0.5, 0.6) is 0 Å². The summed E-state index contributed by atoms with van der Waals surface area (Å²) in [5.41, 5.74) is 7.32. The number of aliphatic hydroxyl groups is 1. The molecule has 1 saturated carbocycles. The van der Waals surface area contributed by atoms with Crippen molar-refractivity contribution in [3.63, 3.8) is 0 Å². The minimum atomic E-state index is -0.0604. The van der Waals surface area contributed by atoms with E-state index >= 15 is 0 Å². The van der Waals surface area contributed by atoms with Crippen LogP contribution in [0.4, 0.5) is 0 Å². The molecule has 4 heteroatoms. The Bertz CT molecular complexity index is 390. The van der Waals surface area contributed by atoms with E-state index in [1.807, 2.05) is 24.3 Å². The summed E-state index contributed by atoms with van der Waals surface area (Å²) >= 11 is 5.87. The lowest BCUT2D eigenvalue weighted by atomic mass is 9.82. The molecule has 0 bridgehead atoms. The number of rotatable bonds is 6.